The molecule has 7 nitrogen and oxygen atoms in total. The maximum absolute atomic E-state index is 12.2. The number of ether oxygens (including phenoxy) is 1. The van der Waals surface area contributed by atoms with Gasteiger partial charge in [-0.05, 0) is 35.0 Å². The van der Waals surface area contributed by atoms with Crippen molar-refractivity contribution < 1.29 is 13.2 Å². The van der Waals surface area contributed by atoms with E-state index in [4.69, 9.17) is 4.74 Å². The summed E-state index contributed by atoms with van der Waals surface area (Å²) in [5.74, 6) is 1.34. The average Bonchev–Trinajstić information content (AvgIpc) is 2.60. The molecule has 2 N–H and O–H groups in total. The number of rotatable bonds is 10. The normalized spacial score (nSPS) is 13.5. The third-order valence-corrected chi connectivity index (χ3v) is 6.37. The summed E-state index contributed by atoms with van der Waals surface area (Å²) in [5, 5.41) is 6.17. The number of guanidine groups is 1. The van der Waals surface area contributed by atoms with E-state index >= 15 is 0 Å². The van der Waals surface area contributed by atoms with Crippen molar-refractivity contribution in [3.8, 4) is 5.75 Å². The molecular weight excluding hydrogens is 420 g/mol. The van der Waals surface area contributed by atoms with E-state index in [2.05, 4.69) is 31.6 Å². The summed E-state index contributed by atoms with van der Waals surface area (Å²) in [4.78, 5) is 4.11. The van der Waals surface area contributed by atoms with Crippen LogP contribution in [-0.2, 0) is 10.0 Å². The SMILES string of the molecule is CCN(CC)S(=O)(=O)CCNC(=NC)NCC(C)Oc1ccccc1Br. The van der Waals surface area contributed by atoms with Crippen molar-refractivity contribution in [2.45, 2.75) is 26.9 Å². The Labute approximate surface area is 165 Å². The van der Waals surface area contributed by atoms with Crippen molar-refractivity contribution in [1.82, 2.24) is 14.9 Å². The van der Waals surface area contributed by atoms with Gasteiger partial charge in [-0.1, -0.05) is 26.0 Å². The largest absolute Gasteiger partial charge is 0.488 e. The number of hydrogen-bond donors (Lipinski definition) is 2. The van der Waals surface area contributed by atoms with Crippen molar-refractivity contribution in [3.05, 3.63) is 28.7 Å². The number of sulfonamides is 1. The standard InChI is InChI=1S/C17H29BrN4O3S/c1-5-22(6-2)26(23,24)12-11-20-17(19-4)21-13-14(3)25-16-10-8-7-9-15(16)18/h7-10,14H,5-6,11-13H2,1-4H3,(H2,19,20,21). The van der Waals surface area contributed by atoms with Crippen molar-refractivity contribution >= 4 is 31.9 Å². The van der Waals surface area contributed by atoms with Crippen molar-refractivity contribution in [2.75, 3.05) is 39.0 Å². The Morgan fingerprint density at radius 1 is 1.27 bits per heavy atom. The first-order valence-corrected chi connectivity index (χ1v) is 11.1. The molecule has 0 spiro atoms. The van der Waals surface area contributed by atoms with Gasteiger partial charge in [0.2, 0.25) is 10.0 Å². The number of nitrogens with one attached hydrogen (secondary N) is 2. The van der Waals surface area contributed by atoms with Crippen LogP contribution < -0.4 is 15.4 Å². The molecule has 0 aliphatic carbocycles. The molecule has 9 heteroatoms. The van der Waals surface area contributed by atoms with E-state index in [9.17, 15) is 8.42 Å². The third-order valence-electron chi connectivity index (χ3n) is 3.70. The summed E-state index contributed by atoms with van der Waals surface area (Å²) in [6.45, 7) is 7.40. The molecule has 1 atom stereocenters. The average molecular weight is 449 g/mol. The minimum absolute atomic E-state index is 0.0262. The topological polar surface area (TPSA) is 83.0 Å². The first-order chi connectivity index (χ1) is 12.3. The second kappa shape index (κ2) is 11.4. The van der Waals surface area contributed by atoms with Gasteiger partial charge in [-0.3, -0.25) is 4.99 Å². The van der Waals surface area contributed by atoms with E-state index in [0.717, 1.165) is 10.2 Å². The quantitative estimate of drug-likeness (QED) is 0.422. The molecule has 26 heavy (non-hydrogen) atoms. The molecule has 1 aromatic rings. The van der Waals surface area contributed by atoms with E-state index in [1.807, 2.05) is 45.0 Å². The summed E-state index contributed by atoms with van der Waals surface area (Å²) >= 11 is 3.45. The zero-order valence-electron chi connectivity index (χ0n) is 15.8. The van der Waals surface area contributed by atoms with E-state index in [0.29, 0.717) is 25.6 Å². The minimum Gasteiger partial charge on any atom is -0.488 e. The maximum atomic E-state index is 12.2. The van der Waals surface area contributed by atoms with E-state index < -0.39 is 10.0 Å². The molecule has 1 rings (SSSR count). The van der Waals surface area contributed by atoms with Gasteiger partial charge in [0, 0.05) is 26.7 Å². The highest BCUT2D eigenvalue weighted by Crippen LogP contribution is 2.24. The van der Waals surface area contributed by atoms with Gasteiger partial charge in [0.25, 0.3) is 0 Å². The summed E-state index contributed by atoms with van der Waals surface area (Å²) in [6, 6.07) is 7.66. The lowest BCUT2D eigenvalue weighted by molar-refractivity contribution is 0.222. The monoisotopic (exact) mass is 448 g/mol. The molecule has 148 valence electrons. The van der Waals surface area contributed by atoms with Crippen LogP contribution in [0.5, 0.6) is 5.75 Å². The second-order valence-corrected chi connectivity index (χ2v) is 8.58. The van der Waals surface area contributed by atoms with Crippen LogP contribution in [0.2, 0.25) is 0 Å². The van der Waals surface area contributed by atoms with Crippen LogP contribution in [0.3, 0.4) is 0 Å². The van der Waals surface area contributed by atoms with Gasteiger partial charge in [-0.2, -0.15) is 0 Å². The number of aliphatic imine (C=N–C) groups is 1. The van der Waals surface area contributed by atoms with Crippen molar-refractivity contribution in [3.63, 3.8) is 0 Å². The van der Waals surface area contributed by atoms with Crippen LogP contribution in [-0.4, -0.2) is 63.8 Å². The second-order valence-electron chi connectivity index (χ2n) is 5.64. The summed E-state index contributed by atoms with van der Waals surface area (Å²) in [5.41, 5.74) is 0. The number of halogens is 1. The fourth-order valence-corrected chi connectivity index (χ4v) is 4.09. The Bertz CT molecular complexity index is 678. The molecule has 0 amide bonds. The lowest BCUT2D eigenvalue weighted by Crippen LogP contribution is -2.44. The van der Waals surface area contributed by atoms with Gasteiger partial charge in [0.05, 0.1) is 16.8 Å². The molecule has 0 bridgehead atoms. The predicted molar refractivity (Wildman–Crippen MR) is 110 cm³/mol. The molecule has 1 unspecified atom stereocenters. The predicted octanol–water partition coefficient (Wildman–Crippen LogP) is 2.05. The smallest absolute Gasteiger partial charge is 0.215 e. The van der Waals surface area contributed by atoms with Gasteiger partial charge in [-0.25, -0.2) is 12.7 Å². The molecule has 0 fully saturated rings. The highest BCUT2D eigenvalue weighted by molar-refractivity contribution is 9.10. The first-order valence-electron chi connectivity index (χ1n) is 8.67. The van der Waals surface area contributed by atoms with Crippen LogP contribution in [0, 0.1) is 0 Å². The summed E-state index contributed by atoms with van der Waals surface area (Å²) in [7, 11) is -1.60. The fraction of sp³-hybridized carbons (Fsp3) is 0.588. The number of para-hydroxylation sites is 1. The van der Waals surface area contributed by atoms with Crippen LogP contribution in [0.4, 0.5) is 0 Å². The minimum atomic E-state index is -3.24. The highest BCUT2D eigenvalue weighted by Gasteiger charge is 2.18. The van der Waals surface area contributed by atoms with Crippen molar-refractivity contribution in [1.29, 1.82) is 0 Å². The molecule has 0 heterocycles. The van der Waals surface area contributed by atoms with E-state index in [1.54, 1.807) is 7.05 Å². The molecule has 0 radical (unpaired) electrons. The molecule has 0 aromatic heterocycles. The van der Waals surface area contributed by atoms with Crippen LogP contribution in [0.1, 0.15) is 20.8 Å². The Balaban J connectivity index is 2.42. The Morgan fingerprint density at radius 3 is 2.50 bits per heavy atom. The maximum Gasteiger partial charge on any atom is 0.215 e. The third kappa shape index (κ3) is 7.51. The molecule has 0 aliphatic rings. The number of nitrogens with zero attached hydrogens (tertiary/aromatic N) is 2. The van der Waals surface area contributed by atoms with E-state index in [-0.39, 0.29) is 18.4 Å². The number of hydrogen-bond acceptors (Lipinski definition) is 4. The van der Waals surface area contributed by atoms with Gasteiger partial charge in [-0.15, -0.1) is 0 Å². The lowest BCUT2D eigenvalue weighted by atomic mass is 10.3. The van der Waals surface area contributed by atoms with Gasteiger partial charge in [0.15, 0.2) is 5.96 Å². The highest BCUT2D eigenvalue weighted by atomic mass is 79.9. The van der Waals surface area contributed by atoms with Crippen molar-refractivity contribution in [2.24, 2.45) is 4.99 Å². The number of benzene rings is 1. The fourth-order valence-electron chi connectivity index (χ4n) is 2.30. The molecule has 0 saturated carbocycles. The Kier molecular flexibility index (Phi) is 9.97. The molecular formula is C17H29BrN4O3S. The van der Waals surface area contributed by atoms with Gasteiger partial charge in [0.1, 0.15) is 11.9 Å². The zero-order chi connectivity index (χ0) is 19.6. The molecule has 0 aliphatic heterocycles. The lowest BCUT2D eigenvalue weighted by Gasteiger charge is -2.20. The molecule has 1 aromatic carbocycles. The van der Waals surface area contributed by atoms with Crippen LogP contribution >= 0.6 is 15.9 Å². The molecule has 0 saturated heterocycles. The Morgan fingerprint density at radius 2 is 1.92 bits per heavy atom. The van der Waals surface area contributed by atoms with Crippen LogP contribution in [0.25, 0.3) is 0 Å². The van der Waals surface area contributed by atoms with Crippen LogP contribution in [0.15, 0.2) is 33.7 Å². The zero-order valence-corrected chi connectivity index (χ0v) is 18.2. The van der Waals surface area contributed by atoms with Gasteiger partial charge < -0.3 is 15.4 Å². The van der Waals surface area contributed by atoms with Gasteiger partial charge >= 0.3 is 0 Å². The summed E-state index contributed by atoms with van der Waals surface area (Å²) in [6.07, 6.45) is -0.0911. The Hall–Kier alpha value is -1.32. The van der Waals surface area contributed by atoms with E-state index in [1.165, 1.54) is 4.31 Å². The first kappa shape index (κ1) is 22.7. The summed E-state index contributed by atoms with van der Waals surface area (Å²) < 4.78 is 32.6.